The maximum atomic E-state index is 11.9. The van der Waals surface area contributed by atoms with Gasteiger partial charge in [-0.05, 0) is 12.2 Å². The molecule has 0 radical (unpaired) electrons. The van der Waals surface area contributed by atoms with Crippen LogP contribution in [0.25, 0.3) is 0 Å². The second-order valence-electron chi connectivity index (χ2n) is 7.38. The molecule has 0 saturated carbocycles. The lowest BCUT2D eigenvalue weighted by Crippen LogP contribution is -2.53. The fraction of sp³-hybridized carbons (Fsp3) is 0.773. The van der Waals surface area contributed by atoms with E-state index in [9.17, 15) is 24.0 Å². The summed E-state index contributed by atoms with van der Waals surface area (Å²) in [6.07, 6.45) is -0.785. The summed E-state index contributed by atoms with van der Waals surface area (Å²) in [5, 5.41) is 0. The SMILES string of the molecule is CCCCCCSC[C@@H](OC(C)=O)[C@H](OC(C)=O)[C@H](OC(C)=O)[C@@H](COC(C)=O)OC(C)=O. The molecule has 0 heterocycles. The molecule has 4 atom stereocenters. The van der Waals surface area contributed by atoms with Gasteiger partial charge in [-0.15, -0.1) is 0 Å². The van der Waals surface area contributed by atoms with Gasteiger partial charge in [0.2, 0.25) is 0 Å². The number of hydrogen-bond acceptors (Lipinski definition) is 11. The molecule has 0 aliphatic heterocycles. The summed E-state index contributed by atoms with van der Waals surface area (Å²) < 4.78 is 26.3. The first-order chi connectivity index (χ1) is 15.5. The van der Waals surface area contributed by atoms with Crippen molar-refractivity contribution in [1.29, 1.82) is 0 Å². The topological polar surface area (TPSA) is 132 Å². The van der Waals surface area contributed by atoms with E-state index in [-0.39, 0.29) is 5.75 Å². The zero-order valence-electron chi connectivity index (χ0n) is 20.2. The van der Waals surface area contributed by atoms with Crippen LogP contribution in [0.2, 0.25) is 0 Å². The highest BCUT2D eigenvalue weighted by Crippen LogP contribution is 2.23. The Bertz CT molecular complexity index is 651. The fourth-order valence-electron chi connectivity index (χ4n) is 2.94. The van der Waals surface area contributed by atoms with Gasteiger partial charge in [0.25, 0.3) is 0 Å². The molecule has 0 bridgehead atoms. The zero-order valence-corrected chi connectivity index (χ0v) is 21.1. The average Bonchev–Trinajstić information content (AvgIpc) is 2.68. The Kier molecular flexibility index (Phi) is 16.0. The van der Waals surface area contributed by atoms with Crippen LogP contribution in [0.1, 0.15) is 67.2 Å². The third-order valence-corrected chi connectivity index (χ3v) is 5.31. The molecule has 0 aliphatic rings. The minimum atomic E-state index is -1.39. The van der Waals surface area contributed by atoms with Crippen molar-refractivity contribution in [2.75, 3.05) is 18.1 Å². The van der Waals surface area contributed by atoms with Gasteiger partial charge in [-0.25, -0.2) is 0 Å². The number of carbonyl (C=O) groups excluding carboxylic acids is 5. The number of rotatable bonds is 16. The average molecular weight is 493 g/mol. The Morgan fingerprint density at radius 3 is 1.58 bits per heavy atom. The first-order valence-electron chi connectivity index (χ1n) is 10.9. The van der Waals surface area contributed by atoms with Gasteiger partial charge in [-0.2, -0.15) is 11.8 Å². The number of ether oxygens (including phenoxy) is 5. The zero-order chi connectivity index (χ0) is 25.4. The Labute approximate surface area is 199 Å². The number of unbranched alkanes of at least 4 members (excludes halogenated alkanes) is 3. The quantitative estimate of drug-likeness (QED) is 0.179. The highest BCUT2D eigenvalue weighted by Gasteiger charge is 2.43. The molecule has 11 heteroatoms. The lowest BCUT2D eigenvalue weighted by molar-refractivity contribution is -0.200. The van der Waals surface area contributed by atoms with E-state index in [0.717, 1.165) is 59.1 Å². The molecule has 0 aromatic heterocycles. The summed E-state index contributed by atoms with van der Waals surface area (Å²) in [5.41, 5.74) is 0. The molecule has 0 rings (SSSR count). The largest absolute Gasteiger partial charge is 0.462 e. The molecular formula is C22H36O10S. The molecule has 0 amide bonds. The van der Waals surface area contributed by atoms with E-state index in [4.69, 9.17) is 23.7 Å². The van der Waals surface area contributed by atoms with Gasteiger partial charge in [-0.1, -0.05) is 26.2 Å². The molecule has 0 aromatic carbocycles. The third kappa shape index (κ3) is 15.2. The van der Waals surface area contributed by atoms with E-state index in [1.54, 1.807) is 0 Å². The first kappa shape index (κ1) is 30.7. The van der Waals surface area contributed by atoms with Crippen LogP contribution < -0.4 is 0 Å². The second-order valence-corrected chi connectivity index (χ2v) is 8.53. The van der Waals surface area contributed by atoms with E-state index < -0.39 is 60.9 Å². The van der Waals surface area contributed by atoms with Crippen molar-refractivity contribution in [2.45, 2.75) is 91.6 Å². The van der Waals surface area contributed by atoms with Crippen LogP contribution in [0.5, 0.6) is 0 Å². The summed E-state index contributed by atoms with van der Waals surface area (Å²) in [5.74, 6) is -2.49. The van der Waals surface area contributed by atoms with Gasteiger partial charge in [0, 0.05) is 40.4 Å². The normalized spacial score (nSPS) is 14.2. The minimum Gasteiger partial charge on any atom is -0.462 e. The number of thioether (sulfide) groups is 1. The van der Waals surface area contributed by atoms with Crippen molar-refractivity contribution < 1.29 is 47.7 Å². The summed E-state index contributed by atoms with van der Waals surface area (Å²) in [6, 6.07) is 0. The van der Waals surface area contributed by atoms with Crippen LogP contribution in [0.3, 0.4) is 0 Å². The predicted octanol–water partition coefficient (Wildman–Crippen LogP) is 2.59. The van der Waals surface area contributed by atoms with Crippen LogP contribution in [0.4, 0.5) is 0 Å². The second kappa shape index (κ2) is 17.2. The van der Waals surface area contributed by atoms with Crippen molar-refractivity contribution >= 4 is 41.6 Å². The van der Waals surface area contributed by atoms with Crippen molar-refractivity contribution in [2.24, 2.45) is 0 Å². The van der Waals surface area contributed by atoms with Crippen LogP contribution in [-0.4, -0.2) is 72.4 Å². The van der Waals surface area contributed by atoms with Crippen molar-refractivity contribution in [3.63, 3.8) is 0 Å². The minimum absolute atomic E-state index is 0.238. The van der Waals surface area contributed by atoms with Crippen LogP contribution >= 0.6 is 11.8 Å². The van der Waals surface area contributed by atoms with Gasteiger partial charge in [-0.3, -0.25) is 24.0 Å². The van der Waals surface area contributed by atoms with Crippen LogP contribution in [0.15, 0.2) is 0 Å². The highest BCUT2D eigenvalue weighted by atomic mass is 32.2. The van der Waals surface area contributed by atoms with Crippen LogP contribution in [-0.2, 0) is 47.7 Å². The van der Waals surface area contributed by atoms with Gasteiger partial charge >= 0.3 is 29.8 Å². The van der Waals surface area contributed by atoms with Crippen molar-refractivity contribution in [3.05, 3.63) is 0 Å². The summed E-state index contributed by atoms with van der Waals surface area (Å²) in [6.45, 7) is 7.41. The van der Waals surface area contributed by atoms with Gasteiger partial charge in [0.05, 0.1) is 0 Å². The van der Waals surface area contributed by atoms with E-state index in [0.29, 0.717) is 0 Å². The predicted molar refractivity (Wildman–Crippen MR) is 120 cm³/mol. The Balaban J connectivity index is 5.92. The standard InChI is InChI=1S/C22H36O10S/c1-7-8-9-10-11-33-13-20(30-16(4)25)22(32-18(6)27)21(31-17(5)26)19(29-15(3)24)12-28-14(2)23/h19-22H,7-13H2,1-6H3/t19-,20-,21-,22+/m1/s1. The molecule has 190 valence electrons. The molecule has 33 heavy (non-hydrogen) atoms. The van der Waals surface area contributed by atoms with E-state index in [1.807, 2.05) is 0 Å². The van der Waals surface area contributed by atoms with Crippen LogP contribution in [0, 0.1) is 0 Å². The molecule has 0 spiro atoms. The third-order valence-electron chi connectivity index (χ3n) is 4.17. The Morgan fingerprint density at radius 1 is 0.636 bits per heavy atom. The molecule has 10 nitrogen and oxygen atoms in total. The van der Waals surface area contributed by atoms with E-state index in [1.165, 1.54) is 18.7 Å². The lowest BCUT2D eigenvalue weighted by Gasteiger charge is -2.35. The molecule has 0 unspecified atom stereocenters. The highest BCUT2D eigenvalue weighted by molar-refractivity contribution is 7.99. The molecule has 0 N–H and O–H groups in total. The van der Waals surface area contributed by atoms with Gasteiger partial charge < -0.3 is 23.7 Å². The molecule has 0 saturated heterocycles. The van der Waals surface area contributed by atoms with Gasteiger partial charge in [0.1, 0.15) is 6.61 Å². The Hall–Kier alpha value is -2.30. The number of esters is 5. The molecule has 0 aliphatic carbocycles. The maximum Gasteiger partial charge on any atom is 0.303 e. The summed E-state index contributed by atoms with van der Waals surface area (Å²) in [7, 11) is 0. The maximum absolute atomic E-state index is 11.9. The summed E-state index contributed by atoms with van der Waals surface area (Å²) in [4.78, 5) is 58.5. The first-order valence-corrected chi connectivity index (χ1v) is 12.0. The summed E-state index contributed by atoms with van der Waals surface area (Å²) >= 11 is 1.49. The lowest BCUT2D eigenvalue weighted by atomic mass is 10.0. The molecule has 0 fully saturated rings. The van der Waals surface area contributed by atoms with Crippen molar-refractivity contribution in [1.82, 2.24) is 0 Å². The molecule has 0 aromatic rings. The number of hydrogen-bond donors (Lipinski definition) is 0. The van der Waals surface area contributed by atoms with Gasteiger partial charge in [0.15, 0.2) is 24.4 Å². The number of carbonyl (C=O) groups is 5. The van der Waals surface area contributed by atoms with E-state index in [2.05, 4.69) is 6.92 Å². The molecular weight excluding hydrogens is 456 g/mol. The smallest absolute Gasteiger partial charge is 0.303 e. The Morgan fingerprint density at radius 2 is 1.12 bits per heavy atom. The van der Waals surface area contributed by atoms with E-state index >= 15 is 0 Å². The van der Waals surface area contributed by atoms with Crippen molar-refractivity contribution in [3.8, 4) is 0 Å². The fourth-order valence-corrected chi connectivity index (χ4v) is 4.01. The monoisotopic (exact) mass is 492 g/mol.